The van der Waals surface area contributed by atoms with Gasteiger partial charge in [0.2, 0.25) is 5.78 Å². The number of nitrogens with one attached hydrogen (secondary N) is 1. The Morgan fingerprint density at radius 3 is 2.46 bits per heavy atom. The van der Waals surface area contributed by atoms with Gasteiger partial charge in [0.15, 0.2) is 11.4 Å². The zero-order valence-corrected chi connectivity index (χ0v) is 21.0. The third-order valence-electron chi connectivity index (χ3n) is 8.64. The highest BCUT2D eigenvalue weighted by atomic mass is 16.3. The molecular formula is C27H33N3O7. The van der Waals surface area contributed by atoms with Crippen LogP contribution in [0.2, 0.25) is 0 Å². The van der Waals surface area contributed by atoms with Crippen molar-refractivity contribution in [2.45, 2.75) is 62.8 Å². The Balaban J connectivity index is 1.62. The van der Waals surface area contributed by atoms with Crippen LogP contribution in [0.5, 0.6) is 5.75 Å². The molecule has 37 heavy (non-hydrogen) atoms. The minimum Gasteiger partial charge on any atom is -0.508 e. The van der Waals surface area contributed by atoms with Gasteiger partial charge in [0.25, 0.3) is 5.91 Å². The fraction of sp³-hybridized carbons (Fsp3) is 0.519. The van der Waals surface area contributed by atoms with Gasteiger partial charge in [0, 0.05) is 24.1 Å². The molecule has 0 aromatic heterocycles. The first-order valence-corrected chi connectivity index (χ1v) is 12.7. The molecule has 0 heterocycles. The molecule has 1 amide bonds. The van der Waals surface area contributed by atoms with Crippen molar-refractivity contribution < 1.29 is 34.8 Å². The molecular weight excluding hydrogens is 478 g/mol. The van der Waals surface area contributed by atoms with Crippen LogP contribution in [0.25, 0.3) is 5.76 Å². The summed E-state index contributed by atoms with van der Waals surface area (Å²) in [6.07, 6.45) is 4.92. The monoisotopic (exact) mass is 511 g/mol. The Bertz CT molecular complexity index is 1260. The number of phenols is 1. The van der Waals surface area contributed by atoms with E-state index in [1.54, 1.807) is 20.2 Å². The van der Waals surface area contributed by atoms with E-state index in [2.05, 4.69) is 5.32 Å². The van der Waals surface area contributed by atoms with Crippen molar-refractivity contribution in [1.82, 2.24) is 10.2 Å². The van der Waals surface area contributed by atoms with E-state index in [1.165, 1.54) is 23.8 Å². The molecule has 4 aliphatic rings. The molecule has 1 aromatic carbocycles. The number of rotatable bonds is 5. The van der Waals surface area contributed by atoms with E-state index in [-0.39, 0.29) is 23.3 Å². The molecule has 2 fully saturated rings. The molecule has 0 spiro atoms. The van der Waals surface area contributed by atoms with Gasteiger partial charge in [-0.2, -0.15) is 0 Å². The topological polar surface area (TPSA) is 173 Å². The predicted molar refractivity (Wildman–Crippen MR) is 133 cm³/mol. The van der Waals surface area contributed by atoms with E-state index in [0.29, 0.717) is 24.6 Å². The normalized spacial score (nSPS) is 30.0. The number of phenolic OH excluding ortho intramolecular Hbond substituents is 1. The summed E-state index contributed by atoms with van der Waals surface area (Å²) in [4.78, 5) is 40.6. The molecule has 0 saturated heterocycles. The standard InChI is InChI=1S/C27H33N3O7/c1-30(2)21-16-10-13-9-15-12(11-29-14-5-3-4-6-14)7-8-17(31)19(15)22(32)18(13)24(34)27(16,37)25(35)20(23(21)33)26(28)36/h7-8,13-14,16,21,29,31-32,35,37H,3-6,9-11H2,1-2H3,(H2,28,36)/t13-,16-,21?,27?/m0/s1. The first-order chi connectivity index (χ1) is 17.5. The van der Waals surface area contributed by atoms with Gasteiger partial charge < -0.3 is 31.5 Å². The molecule has 1 aromatic rings. The second-order valence-electron chi connectivity index (χ2n) is 10.9. The van der Waals surface area contributed by atoms with Gasteiger partial charge in [-0.1, -0.05) is 18.9 Å². The number of carbonyl (C=O) groups excluding carboxylic acids is 3. The van der Waals surface area contributed by atoms with Crippen LogP contribution in [0, 0.1) is 11.8 Å². The molecule has 10 nitrogen and oxygen atoms in total. The first-order valence-electron chi connectivity index (χ1n) is 12.7. The number of Topliss-reactive ketones (excluding diaryl/α,β-unsaturated/α-hetero) is 2. The summed E-state index contributed by atoms with van der Waals surface area (Å²) in [6, 6.07) is 2.58. The van der Waals surface area contributed by atoms with Gasteiger partial charge in [-0.3, -0.25) is 19.3 Å². The van der Waals surface area contributed by atoms with Crippen molar-refractivity contribution in [3.8, 4) is 5.75 Å². The summed E-state index contributed by atoms with van der Waals surface area (Å²) >= 11 is 0. The van der Waals surface area contributed by atoms with Gasteiger partial charge in [0.1, 0.15) is 22.8 Å². The summed E-state index contributed by atoms with van der Waals surface area (Å²) in [5.74, 6) is -6.41. The van der Waals surface area contributed by atoms with Gasteiger partial charge in [0.05, 0.1) is 11.6 Å². The number of amides is 1. The highest BCUT2D eigenvalue weighted by molar-refractivity contribution is 6.24. The van der Waals surface area contributed by atoms with Crippen molar-refractivity contribution in [1.29, 1.82) is 0 Å². The number of nitrogens with two attached hydrogens (primary N) is 1. The van der Waals surface area contributed by atoms with Crippen LogP contribution in [-0.2, 0) is 27.3 Å². The molecule has 0 aliphatic heterocycles. The number of aromatic hydroxyl groups is 1. The van der Waals surface area contributed by atoms with E-state index in [1.807, 2.05) is 0 Å². The minimum absolute atomic E-state index is 0.0803. The fourth-order valence-corrected chi connectivity index (χ4v) is 6.86. The largest absolute Gasteiger partial charge is 0.508 e. The smallest absolute Gasteiger partial charge is 0.255 e. The van der Waals surface area contributed by atoms with Crippen molar-refractivity contribution in [2.75, 3.05) is 14.1 Å². The second-order valence-corrected chi connectivity index (χ2v) is 10.9. The second kappa shape index (κ2) is 8.97. The molecule has 0 radical (unpaired) electrons. The average Bonchev–Trinajstić information content (AvgIpc) is 3.34. The number of aliphatic hydroxyl groups is 3. The van der Waals surface area contributed by atoms with Crippen molar-refractivity contribution >= 4 is 23.2 Å². The third-order valence-corrected chi connectivity index (χ3v) is 8.64. The Labute approximate surface area is 214 Å². The van der Waals surface area contributed by atoms with Crippen LogP contribution in [0.4, 0.5) is 0 Å². The summed E-state index contributed by atoms with van der Waals surface area (Å²) < 4.78 is 0. The van der Waals surface area contributed by atoms with Gasteiger partial charge in [-0.05, 0) is 62.9 Å². The molecule has 0 bridgehead atoms. The summed E-state index contributed by atoms with van der Waals surface area (Å²) in [5, 5.41) is 48.1. The van der Waals surface area contributed by atoms with Gasteiger partial charge in [-0.25, -0.2) is 0 Å². The Kier molecular flexibility index (Phi) is 6.17. The SMILES string of the molecule is CN(C)C1C(=O)C(C(N)=O)=C(O)C2(O)C(=O)C3=C(O)c4c(O)ccc(CNC5CCCC5)c4C[C@H]3C[C@@H]12. The molecule has 198 valence electrons. The number of primary amides is 1. The molecule has 2 saturated carbocycles. The lowest BCUT2D eigenvalue weighted by molar-refractivity contribution is -0.153. The summed E-state index contributed by atoms with van der Waals surface area (Å²) in [7, 11) is 3.16. The van der Waals surface area contributed by atoms with E-state index in [0.717, 1.165) is 18.4 Å². The number of aliphatic hydroxyl groups excluding tert-OH is 2. The highest BCUT2D eigenvalue weighted by Gasteiger charge is 2.64. The fourth-order valence-electron chi connectivity index (χ4n) is 6.86. The third kappa shape index (κ3) is 3.69. The number of nitrogens with zero attached hydrogens (tertiary/aromatic N) is 1. The van der Waals surface area contributed by atoms with Crippen molar-refractivity contribution in [3.63, 3.8) is 0 Å². The zero-order chi connectivity index (χ0) is 26.8. The number of benzene rings is 1. The first kappa shape index (κ1) is 25.4. The number of fused-ring (bicyclic) bond motifs is 3. The van der Waals surface area contributed by atoms with E-state index in [4.69, 9.17) is 5.73 Å². The molecule has 4 atom stereocenters. The zero-order valence-electron chi connectivity index (χ0n) is 21.0. The number of hydrogen-bond donors (Lipinski definition) is 6. The molecule has 4 aliphatic carbocycles. The molecule has 7 N–H and O–H groups in total. The maximum Gasteiger partial charge on any atom is 0.255 e. The number of ketones is 2. The Morgan fingerprint density at radius 2 is 1.84 bits per heavy atom. The number of carbonyl (C=O) groups is 3. The van der Waals surface area contributed by atoms with E-state index < -0.39 is 58.0 Å². The van der Waals surface area contributed by atoms with Crippen LogP contribution in [0.15, 0.2) is 29.0 Å². The van der Waals surface area contributed by atoms with Crippen LogP contribution >= 0.6 is 0 Å². The van der Waals surface area contributed by atoms with Gasteiger partial charge >= 0.3 is 0 Å². The number of hydrogen-bond acceptors (Lipinski definition) is 9. The van der Waals surface area contributed by atoms with Crippen molar-refractivity contribution in [2.24, 2.45) is 17.6 Å². The lowest BCUT2D eigenvalue weighted by Crippen LogP contribution is -2.65. The maximum atomic E-state index is 13.8. The lowest BCUT2D eigenvalue weighted by Gasteiger charge is -2.50. The molecule has 10 heteroatoms. The highest BCUT2D eigenvalue weighted by Crippen LogP contribution is 2.52. The number of likely N-dealkylation sites (N-methyl/N-ethyl adjacent to an activating group) is 1. The Hall–Kier alpha value is -3.21. The van der Waals surface area contributed by atoms with Crippen LogP contribution < -0.4 is 11.1 Å². The van der Waals surface area contributed by atoms with Crippen LogP contribution in [0.3, 0.4) is 0 Å². The van der Waals surface area contributed by atoms with Crippen molar-refractivity contribution in [3.05, 3.63) is 45.7 Å². The van der Waals surface area contributed by atoms with E-state index >= 15 is 0 Å². The quantitative estimate of drug-likeness (QED) is 0.315. The van der Waals surface area contributed by atoms with E-state index in [9.17, 15) is 34.8 Å². The van der Waals surface area contributed by atoms with Crippen LogP contribution in [-0.4, -0.2) is 74.6 Å². The Morgan fingerprint density at radius 1 is 1.16 bits per heavy atom. The predicted octanol–water partition coefficient (Wildman–Crippen LogP) is 0.996. The average molecular weight is 512 g/mol. The summed E-state index contributed by atoms with van der Waals surface area (Å²) in [6.45, 7) is 0.536. The lowest BCUT2D eigenvalue weighted by atomic mass is 9.57. The molecule has 5 rings (SSSR count). The molecule has 2 unspecified atom stereocenters. The van der Waals surface area contributed by atoms with Crippen LogP contribution in [0.1, 0.15) is 48.8 Å². The van der Waals surface area contributed by atoms with Gasteiger partial charge in [-0.15, -0.1) is 0 Å². The maximum absolute atomic E-state index is 13.8. The minimum atomic E-state index is -2.62. The summed E-state index contributed by atoms with van der Waals surface area (Å²) in [5.41, 5.74) is 3.50.